The van der Waals surface area contributed by atoms with E-state index in [0.29, 0.717) is 31.5 Å². The molecule has 0 radical (unpaired) electrons. The van der Waals surface area contributed by atoms with Crippen molar-refractivity contribution >= 4 is 5.91 Å². The highest BCUT2D eigenvalue weighted by Gasteiger charge is 2.37. The summed E-state index contributed by atoms with van der Waals surface area (Å²) in [4.78, 5) is 13.3. The van der Waals surface area contributed by atoms with E-state index in [0.717, 1.165) is 0 Å². The van der Waals surface area contributed by atoms with Gasteiger partial charge in [-0.25, -0.2) is 4.39 Å². The second-order valence-electron chi connectivity index (χ2n) is 5.69. The number of likely N-dealkylation sites (tertiary alicyclic amines) is 1. The van der Waals surface area contributed by atoms with Crippen LogP contribution in [-0.4, -0.2) is 41.7 Å². The number of nitrogens with zero attached hydrogens (tertiary/aromatic N) is 1. The van der Waals surface area contributed by atoms with Crippen LogP contribution in [0, 0.1) is 11.7 Å². The van der Waals surface area contributed by atoms with E-state index in [1.165, 1.54) is 6.07 Å². The first-order chi connectivity index (χ1) is 10.1. The molecule has 0 spiro atoms. The Hall–Kier alpha value is -1.66. The summed E-state index contributed by atoms with van der Waals surface area (Å²) in [5.41, 5.74) is 5.81. The summed E-state index contributed by atoms with van der Waals surface area (Å²) < 4.78 is 19.1. The van der Waals surface area contributed by atoms with E-state index in [1.807, 2.05) is 0 Å². The maximum absolute atomic E-state index is 13.7. The average Bonchev–Trinajstić information content (AvgIpc) is 2.49. The van der Waals surface area contributed by atoms with Crippen molar-refractivity contribution in [3.63, 3.8) is 0 Å². The quantitative estimate of drug-likeness (QED) is 0.846. The Balaban J connectivity index is 1.73. The smallest absolute Gasteiger partial charge is 0.220 e. The predicted molar refractivity (Wildman–Crippen MR) is 74.1 cm³/mol. The molecule has 3 N–H and O–H groups in total. The number of aliphatic hydroxyl groups excluding tert-OH is 1. The highest BCUT2D eigenvalue weighted by Crippen LogP contribution is 2.37. The summed E-state index contributed by atoms with van der Waals surface area (Å²) in [6, 6.07) is 4.37. The molecule has 1 amide bonds. The molecule has 114 valence electrons. The third-order valence-electron chi connectivity index (χ3n) is 4.48. The van der Waals surface area contributed by atoms with Crippen LogP contribution in [-0.2, 0) is 4.79 Å². The number of hydrogen-bond donors (Lipinski definition) is 2. The first kappa shape index (κ1) is 14.3. The maximum Gasteiger partial charge on any atom is 0.220 e. The first-order valence-electron chi connectivity index (χ1n) is 7.20. The minimum Gasteiger partial charge on any atom is -0.488 e. The molecule has 2 aliphatic heterocycles. The number of rotatable bonds is 2. The Labute approximate surface area is 122 Å². The van der Waals surface area contributed by atoms with Gasteiger partial charge in [0.15, 0.2) is 11.6 Å². The molecule has 5 nitrogen and oxygen atoms in total. The third kappa shape index (κ3) is 2.61. The number of para-hydroxylation sites is 1. The van der Waals surface area contributed by atoms with Crippen molar-refractivity contribution < 1.29 is 19.0 Å². The molecule has 0 aromatic heterocycles. The number of primary amides is 1. The minimum absolute atomic E-state index is 0.0902. The standard InChI is InChI=1S/C15H19FN2O3/c16-11-3-1-2-10-13(19)12(8-21-14(10)11)18-6-4-9(5-7-18)15(17)20/h1-3,9,12-13,19H,4-8H2,(H2,17,20). The zero-order valence-corrected chi connectivity index (χ0v) is 11.7. The molecular weight excluding hydrogens is 275 g/mol. The predicted octanol–water partition coefficient (Wildman–Crippen LogP) is 0.817. The number of carbonyl (C=O) groups excluding carboxylic acids is 1. The van der Waals surface area contributed by atoms with Crippen LogP contribution in [0.5, 0.6) is 5.75 Å². The second kappa shape index (κ2) is 5.61. The molecule has 0 aliphatic carbocycles. The van der Waals surface area contributed by atoms with Gasteiger partial charge >= 0.3 is 0 Å². The summed E-state index contributed by atoms with van der Waals surface area (Å²) >= 11 is 0. The van der Waals surface area contributed by atoms with E-state index in [4.69, 9.17) is 10.5 Å². The van der Waals surface area contributed by atoms with Crippen LogP contribution in [0.4, 0.5) is 4.39 Å². The van der Waals surface area contributed by atoms with Crippen molar-refractivity contribution in [3.05, 3.63) is 29.6 Å². The second-order valence-corrected chi connectivity index (χ2v) is 5.69. The first-order valence-corrected chi connectivity index (χ1v) is 7.20. The Morgan fingerprint density at radius 2 is 2.10 bits per heavy atom. The number of aliphatic hydroxyl groups is 1. The molecular formula is C15H19FN2O3. The van der Waals surface area contributed by atoms with E-state index < -0.39 is 11.9 Å². The van der Waals surface area contributed by atoms with Gasteiger partial charge in [0.25, 0.3) is 0 Å². The van der Waals surface area contributed by atoms with Crippen LogP contribution in [0.25, 0.3) is 0 Å². The maximum atomic E-state index is 13.7. The van der Waals surface area contributed by atoms with E-state index in [-0.39, 0.29) is 30.2 Å². The highest BCUT2D eigenvalue weighted by molar-refractivity contribution is 5.76. The summed E-state index contributed by atoms with van der Waals surface area (Å²) in [7, 11) is 0. The number of carbonyl (C=O) groups is 1. The van der Waals surface area contributed by atoms with Crippen molar-refractivity contribution in [2.45, 2.75) is 25.0 Å². The Bertz CT molecular complexity index is 544. The fraction of sp³-hybridized carbons (Fsp3) is 0.533. The van der Waals surface area contributed by atoms with E-state index >= 15 is 0 Å². The van der Waals surface area contributed by atoms with Crippen molar-refractivity contribution in [1.29, 1.82) is 0 Å². The fourth-order valence-corrected chi connectivity index (χ4v) is 3.20. The molecule has 1 fully saturated rings. The molecule has 1 aromatic carbocycles. The van der Waals surface area contributed by atoms with Crippen molar-refractivity contribution in [3.8, 4) is 5.75 Å². The zero-order chi connectivity index (χ0) is 15.0. The minimum atomic E-state index is -0.783. The Morgan fingerprint density at radius 3 is 2.76 bits per heavy atom. The molecule has 0 saturated carbocycles. The van der Waals surface area contributed by atoms with Gasteiger partial charge in [-0.05, 0) is 32.0 Å². The number of hydrogen-bond acceptors (Lipinski definition) is 4. The monoisotopic (exact) mass is 294 g/mol. The van der Waals surface area contributed by atoms with Gasteiger partial charge in [-0.1, -0.05) is 12.1 Å². The van der Waals surface area contributed by atoms with E-state index in [2.05, 4.69) is 4.90 Å². The topological polar surface area (TPSA) is 75.8 Å². The molecule has 6 heteroatoms. The van der Waals surface area contributed by atoms with Crippen molar-refractivity contribution in [2.75, 3.05) is 19.7 Å². The number of ether oxygens (including phenoxy) is 1. The molecule has 2 aliphatic rings. The number of benzene rings is 1. The summed E-state index contributed by atoms with van der Waals surface area (Å²) in [5.74, 6) is -0.652. The zero-order valence-electron chi connectivity index (χ0n) is 11.7. The largest absolute Gasteiger partial charge is 0.488 e. The van der Waals surface area contributed by atoms with E-state index in [9.17, 15) is 14.3 Å². The van der Waals surface area contributed by atoms with Gasteiger partial charge in [-0.15, -0.1) is 0 Å². The number of halogens is 1. The molecule has 2 heterocycles. The summed E-state index contributed by atoms with van der Waals surface area (Å²) in [5, 5.41) is 10.5. The molecule has 3 rings (SSSR count). The van der Waals surface area contributed by atoms with Gasteiger partial charge in [0.05, 0.1) is 6.04 Å². The lowest BCUT2D eigenvalue weighted by Gasteiger charge is -2.41. The van der Waals surface area contributed by atoms with Crippen LogP contribution in [0.3, 0.4) is 0 Å². The number of nitrogens with two attached hydrogens (primary N) is 1. The van der Waals surface area contributed by atoms with Gasteiger partial charge in [-0.3, -0.25) is 9.69 Å². The normalized spacial score (nSPS) is 27.0. The lowest BCUT2D eigenvalue weighted by molar-refractivity contribution is -0.123. The summed E-state index contributed by atoms with van der Waals surface area (Å²) in [6.07, 6.45) is 0.595. The molecule has 0 bridgehead atoms. The average molecular weight is 294 g/mol. The SMILES string of the molecule is NC(=O)C1CCN(C2COc3c(F)cccc3C2O)CC1. The third-order valence-corrected chi connectivity index (χ3v) is 4.48. The van der Waals surface area contributed by atoms with Crippen LogP contribution >= 0.6 is 0 Å². The highest BCUT2D eigenvalue weighted by atomic mass is 19.1. The van der Waals surface area contributed by atoms with Gasteiger partial charge < -0.3 is 15.6 Å². The van der Waals surface area contributed by atoms with Gasteiger partial charge in [0, 0.05) is 11.5 Å². The van der Waals surface area contributed by atoms with E-state index in [1.54, 1.807) is 12.1 Å². The van der Waals surface area contributed by atoms with Gasteiger partial charge in [-0.2, -0.15) is 0 Å². The van der Waals surface area contributed by atoms with Crippen LogP contribution in [0.2, 0.25) is 0 Å². The molecule has 2 unspecified atom stereocenters. The summed E-state index contributed by atoms with van der Waals surface area (Å²) in [6.45, 7) is 1.61. The lowest BCUT2D eigenvalue weighted by Crippen LogP contribution is -2.50. The van der Waals surface area contributed by atoms with Gasteiger partial charge in [0.1, 0.15) is 12.7 Å². The Morgan fingerprint density at radius 1 is 1.38 bits per heavy atom. The number of piperidine rings is 1. The fourth-order valence-electron chi connectivity index (χ4n) is 3.20. The van der Waals surface area contributed by atoms with Crippen LogP contribution in [0.1, 0.15) is 24.5 Å². The lowest BCUT2D eigenvalue weighted by atomic mass is 9.92. The number of fused-ring (bicyclic) bond motifs is 1. The van der Waals surface area contributed by atoms with Crippen LogP contribution < -0.4 is 10.5 Å². The molecule has 1 aromatic rings. The number of amides is 1. The van der Waals surface area contributed by atoms with Crippen molar-refractivity contribution in [2.24, 2.45) is 11.7 Å². The molecule has 2 atom stereocenters. The van der Waals surface area contributed by atoms with Gasteiger partial charge in [0.2, 0.25) is 5.91 Å². The van der Waals surface area contributed by atoms with Crippen molar-refractivity contribution in [1.82, 2.24) is 4.90 Å². The molecule has 21 heavy (non-hydrogen) atoms. The molecule has 1 saturated heterocycles. The van der Waals surface area contributed by atoms with Crippen LogP contribution in [0.15, 0.2) is 18.2 Å². The Kier molecular flexibility index (Phi) is 3.82.